The molecule has 0 unspecified atom stereocenters. The Morgan fingerprint density at radius 3 is 1.86 bits per heavy atom. The van der Waals surface area contributed by atoms with Crippen molar-refractivity contribution in [3.05, 3.63) is 117 Å². The number of aliphatic hydroxyl groups is 5. The molecule has 6 aliphatic rings. The van der Waals surface area contributed by atoms with Gasteiger partial charge in [0.05, 0.1) is 19.1 Å². The summed E-state index contributed by atoms with van der Waals surface area (Å²) in [6.45, 7) is 10.1. The second-order valence-electron chi connectivity index (χ2n) is 24.5. The lowest BCUT2D eigenvalue weighted by Gasteiger charge is -2.39. The molecule has 0 aromatic heterocycles. The third-order valence-electron chi connectivity index (χ3n) is 17.1. The summed E-state index contributed by atoms with van der Waals surface area (Å²) in [6, 6.07) is 3.50. The molecule has 1 saturated heterocycles. The Kier molecular flexibility index (Phi) is 20.0. The van der Waals surface area contributed by atoms with E-state index in [0.717, 1.165) is 25.1 Å². The first-order valence-corrected chi connectivity index (χ1v) is 29.9. The monoisotopic (exact) mass is 1290 g/mol. The number of likely N-dealkylation sites (N-methyl/N-ethyl adjacent to an activating group) is 1. The number of hydrogen-bond acceptors (Lipinski definition) is 21. The Balaban J connectivity index is 1.33. The predicted octanol–water partition coefficient (Wildman–Crippen LogP) is 1.40. The first-order chi connectivity index (χ1) is 43.9. The number of amides is 7. The summed E-state index contributed by atoms with van der Waals surface area (Å²) in [7, 11) is 3.28. The highest BCUT2D eigenvalue weighted by Gasteiger charge is 2.47. The number of Topliss-reactive ketones (excluding diaryl/α,β-unsaturated/α-hetero) is 1. The zero-order valence-corrected chi connectivity index (χ0v) is 52.2. The summed E-state index contributed by atoms with van der Waals surface area (Å²) < 4.78 is 25.6. The number of carbonyl (C=O) groups excluding carboxylic acids is 8. The maximum atomic E-state index is 16.0. The van der Waals surface area contributed by atoms with Gasteiger partial charge in [-0.3, -0.25) is 43.3 Å². The number of phenols is 3. The van der Waals surface area contributed by atoms with Crippen LogP contribution < -0.4 is 51.8 Å². The first kappa shape index (κ1) is 68.0. The number of benzene rings is 5. The molecule has 496 valence electrons. The Labute approximate surface area is 533 Å². The van der Waals surface area contributed by atoms with Gasteiger partial charge >= 0.3 is 0 Å². The van der Waals surface area contributed by atoms with E-state index in [1.807, 2.05) is 13.8 Å². The molecule has 28 nitrogen and oxygen atoms in total. The molecule has 7 amide bonds. The Morgan fingerprint density at radius 2 is 1.27 bits per heavy atom. The minimum absolute atomic E-state index is 0.0204. The van der Waals surface area contributed by atoms with E-state index in [2.05, 4.69) is 31.9 Å². The molecule has 6 aliphatic heterocycles. The fourth-order valence-electron chi connectivity index (χ4n) is 11.8. The highest BCUT2D eigenvalue weighted by atomic mass is 16.7. The molecule has 14 atom stereocenters. The molecule has 93 heavy (non-hydrogen) atoms. The van der Waals surface area contributed by atoms with Crippen molar-refractivity contribution in [3.63, 3.8) is 0 Å². The lowest BCUT2D eigenvalue weighted by Crippen LogP contribution is -2.60. The van der Waals surface area contributed by atoms with Crippen molar-refractivity contribution < 1.29 is 98.2 Å². The van der Waals surface area contributed by atoms with Crippen LogP contribution in [0.1, 0.15) is 115 Å². The van der Waals surface area contributed by atoms with E-state index in [1.165, 1.54) is 55.5 Å². The Bertz CT molecular complexity index is 3800. The number of fused-ring (bicyclic) bond motifs is 15. The number of aromatic hydroxyl groups is 3. The number of aliphatic hydroxyl groups excluding tert-OH is 5. The molecule has 11 rings (SSSR count). The lowest BCUT2D eigenvalue weighted by molar-refractivity contribution is -0.277. The van der Waals surface area contributed by atoms with Gasteiger partial charge in [-0.05, 0) is 142 Å². The third kappa shape index (κ3) is 14.0. The van der Waals surface area contributed by atoms with E-state index in [0.29, 0.717) is 17.5 Å². The van der Waals surface area contributed by atoms with Crippen LogP contribution in [0.15, 0.2) is 72.8 Å². The fraction of sp³-hybridized carbons (Fsp3) is 0.415. The smallest absolute Gasteiger partial charge is 0.248 e. The fourth-order valence-corrected chi connectivity index (χ4v) is 11.8. The maximum Gasteiger partial charge on any atom is 0.248 e. The van der Waals surface area contributed by atoms with Gasteiger partial charge in [0.2, 0.25) is 53.4 Å². The molecule has 16 N–H and O–H groups in total. The highest BCUT2D eigenvalue weighted by molar-refractivity contribution is 6.01. The Hall–Kier alpha value is -9.42. The van der Waals surface area contributed by atoms with Crippen LogP contribution in [0.2, 0.25) is 0 Å². The molecule has 0 aliphatic carbocycles. The van der Waals surface area contributed by atoms with Crippen LogP contribution in [0.4, 0.5) is 0 Å². The molecular weight excluding hydrogens is 1210 g/mol. The van der Waals surface area contributed by atoms with E-state index in [1.54, 1.807) is 45.8 Å². The zero-order chi connectivity index (χ0) is 67.9. The van der Waals surface area contributed by atoms with Gasteiger partial charge < -0.3 is 97.4 Å². The minimum atomic E-state index is -2.17. The van der Waals surface area contributed by atoms with Crippen LogP contribution in [-0.2, 0) is 43.1 Å². The van der Waals surface area contributed by atoms with Crippen LogP contribution in [0, 0.1) is 26.7 Å². The summed E-state index contributed by atoms with van der Waals surface area (Å²) in [5.41, 5.74) is 5.42. The first-order valence-electron chi connectivity index (χ1n) is 29.9. The van der Waals surface area contributed by atoms with Crippen molar-refractivity contribution in [2.45, 2.75) is 146 Å². The van der Waals surface area contributed by atoms with Crippen LogP contribution in [0.25, 0.3) is 11.1 Å². The molecule has 0 radical (unpaired) electrons. The highest BCUT2D eigenvalue weighted by Crippen LogP contribution is 2.49. The van der Waals surface area contributed by atoms with Gasteiger partial charge in [-0.25, -0.2) is 0 Å². The number of primary amides is 1. The average molecular weight is 1290 g/mol. The van der Waals surface area contributed by atoms with Crippen LogP contribution in [-0.4, -0.2) is 168 Å². The number of ether oxygens (including phenoxy) is 4. The number of nitrogens with one attached hydrogen (secondary N) is 6. The van der Waals surface area contributed by atoms with Gasteiger partial charge in [0.25, 0.3) is 0 Å². The number of ketones is 1. The van der Waals surface area contributed by atoms with E-state index < -0.39 is 180 Å². The van der Waals surface area contributed by atoms with Crippen LogP contribution in [0.3, 0.4) is 0 Å². The van der Waals surface area contributed by atoms with E-state index in [4.69, 9.17) is 24.7 Å². The van der Waals surface area contributed by atoms with Crippen LogP contribution in [0.5, 0.6) is 46.0 Å². The van der Waals surface area contributed by atoms with Gasteiger partial charge in [0, 0.05) is 22.6 Å². The number of rotatable bonds is 11. The minimum Gasteiger partial charge on any atom is -0.508 e. The number of hydrogen-bond donors (Lipinski definition) is 15. The molecule has 1 fully saturated rings. The molecule has 5 aromatic carbocycles. The van der Waals surface area contributed by atoms with Gasteiger partial charge in [-0.2, -0.15) is 0 Å². The molecule has 0 spiro atoms. The van der Waals surface area contributed by atoms with Gasteiger partial charge in [0.1, 0.15) is 95.5 Å². The standard InChI is InChI=1S/C65H76N8O20/c1-25(2)16-38(73(8)9)60(85)72-52-54(80)33-12-15-42(27(4)18-33)91-44-21-34-20-43(58(44)93-65-57(83)56(82)55(81)45(24-74)92-65)90-41-14-11-31(17-26(41)3)28(5)48-61(86)69-49(30(7)75)36-22-40(77)29(6)53(79)47(36)35-19-32(10-13-39(35)76)50(62(87)68-48)71-63(88)51(34)70-59(84)37(23-46(66)78)67-64(52)89/h10-15,17-22,25,28,37-38,45,48-52,54-57,65,74,76-77,79-83H,16,23-24H2,1-9H3,(H2,66,78)(H,67,89)(H,68,87)(H,69,86)(H,70,84)(H,71,88)(H,72,85)/t28-,37+,38-,45-,48+,49+,50-,51-,52-,54-,55-,56+,57-,65+/m1/s1. The largest absolute Gasteiger partial charge is 0.508 e. The quantitative estimate of drug-likeness (QED) is 0.0889. The zero-order valence-electron chi connectivity index (χ0n) is 52.2. The second-order valence-corrected chi connectivity index (χ2v) is 24.5. The summed E-state index contributed by atoms with van der Waals surface area (Å²) in [6.07, 6.45) is -12.0. The molecule has 28 heteroatoms. The number of nitrogens with two attached hydrogens (primary N) is 1. The van der Waals surface area contributed by atoms with Crippen molar-refractivity contribution >= 4 is 47.1 Å². The van der Waals surface area contributed by atoms with Gasteiger partial charge in [-0.15, -0.1) is 0 Å². The van der Waals surface area contributed by atoms with Crippen molar-refractivity contribution in [1.82, 2.24) is 36.8 Å². The van der Waals surface area contributed by atoms with Gasteiger partial charge in [0.15, 0.2) is 17.3 Å². The van der Waals surface area contributed by atoms with Crippen molar-refractivity contribution in [1.29, 1.82) is 0 Å². The predicted molar refractivity (Wildman–Crippen MR) is 328 cm³/mol. The molecule has 0 saturated carbocycles. The summed E-state index contributed by atoms with van der Waals surface area (Å²) in [5.74, 6) is -12.6. The lowest BCUT2D eigenvalue weighted by atomic mass is 9.86. The normalized spacial score (nSPS) is 26.0. The third-order valence-corrected chi connectivity index (χ3v) is 17.1. The maximum absolute atomic E-state index is 16.0. The van der Waals surface area contributed by atoms with Gasteiger partial charge in [-0.1, -0.05) is 45.0 Å². The SMILES string of the molecule is CC(=O)[C@@H]1NC(=O)[C@H]2NC(=O)[C@H](NC(=O)[C@@H]3NC(=O)[C@H](CC(N)=O)NC(=O)[C@H](NC(=O)[C@@H](CC(C)C)N(C)C)[C@H](O)c4ccc(c(C)c4)Oc4cc3cc(c4O[C@@H]3O[C@H](CO)[C@@H](O)[C@H](O)[C@H]3O)Oc3ccc(cc3C)[C@H]2C)c2ccc(O)c(c2)-c2c1cc(O)c(C)c2O. The number of phenolic OH excluding ortho intramolecular Hbond substituents is 3. The summed E-state index contributed by atoms with van der Waals surface area (Å²) in [5, 5.41) is 106. The number of carbonyl (C=O) groups is 8. The van der Waals surface area contributed by atoms with Crippen molar-refractivity contribution in [2.24, 2.45) is 11.7 Å². The van der Waals surface area contributed by atoms with E-state index in [-0.39, 0.29) is 61.9 Å². The second kappa shape index (κ2) is 27.4. The molecular formula is C65H76N8O20. The molecule has 6 heterocycles. The number of aryl methyl sites for hydroxylation is 2. The summed E-state index contributed by atoms with van der Waals surface area (Å²) >= 11 is 0. The number of nitrogens with zero attached hydrogens (tertiary/aromatic N) is 1. The Morgan fingerprint density at radius 1 is 0.677 bits per heavy atom. The molecule has 11 bridgehead atoms. The van der Waals surface area contributed by atoms with Crippen molar-refractivity contribution in [3.8, 4) is 57.1 Å². The van der Waals surface area contributed by atoms with E-state index in [9.17, 15) is 60.0 Å². The van der Waals surface area contributed by atoms with E-state index >= 15 is 19.2 Å². The van der Waals surface area contributed by atoms with Crippen LogP contribution >= 0.6 is 0 Å². The topological polar surface area (TPSA) is 437 Å². The molecule has 5 aromatic rings. The summed E-state index contributed by atoms with van der Waals surface area (Å²) in [4.78, 5) is 119. The average Bonchev–Trinajstić information content (AvgIpc) is 0.773. The van der Waals surface area contributed by atoms with Crippen molar-refractivity contribution in [2.75, 3.05) is 20.7 Å².